The summed E-state index contributed by atoms with van der Waals surface area (Å²) in [7, 11) is 0. The second-order valence-corrected chi connectivity index (χ2v) is 5.12. The third kappa shape index (κ3) is 6.60. The highest BCUT2D eigenvalue weighted by Crippen LogP contribution is 2.03. The van der Waals surface area contributed by atoms with E-state index < -0.39 is 0 Å². The van der Waals surface area contributed by atoms with E-state index in [0.717, 1.165) is 11.7 Å². The van der Waals surface area contributed by atoms with Crippen molar-refractivity contribution in [1.29, 1.82) is 0 Å². The minimum Gasteiger partial charge on any atom is -0.360 e. The fourth-order valence-corrected chi connectivity index (χ4v) is 2.10. The molecule has 0 heterocycles. The van der Waals surface area contributed by atoms with Gasteiger partial charge in [0.2, 0.25) is 0 Å². The summed E-state index contributed by atoms with van der Waals surface area (Å²) >= 11 is 5.29. The first kappa shape index (κ1) is 15.0. The molecule has 0 saturated heterocycles. The summed E-state index contributed by atoms with van der Waals surface area (Å²) in [4.78, 5) is 0. The third-order valence-electron chi connectivity index (χ3n) is 2.91. The van der Waals surface area contributed by atoms with Gasteiger partial charge in [0.25, 0.3) is 0 Å². The molecule has 18 heavy (non-hydrogen) atoms. The Labute approximate surface area is 116 Å². The van der Waals surface area contributed by atoms with Gasteiger partial charge in [0.1, 0.15) is 0 Å². The first-order valence-corrected chi connectivity index (χ1v) is 7.21. The number of hydrogen-bond donors (Lipinski definition) is 2. The van der Waals surface area contributed by atoms with Crippen molar-refractivity contribution in [2.24, 2.45) is 0 Å². The first-order chi connectivity index (χ1) is 8.72. The number of thiocarbonyl (C=S) groups is 1. The van der Waals surface area contributed by atoms with Crippen LogP contribution in [-0.4, -0.2) is 11.2 Å². The van der Waals surface area contributed by atoms with Crippen LogP contribution < -0.4 is 10.6 Å². The molecule has 2 N–H and O–H groups in total. The third-order valence-corrected chi connectivity index (χ3v) is 3.18. The molecule has 0 aliphatic carbocycles. The molecule has 0 amide bonds. The van der Waals surface area contributed by atoms with Crippen LogP contribution in [0.5, 0.6) is 0 Å². The molecule has 0 aliphatic rings. The fourth-order valence-electron chi connectivity index (χ4n) is 1.83. The van der Waals surface area contributed by atoms with Crippen molar-refractivity contribution in [3.05, 3.63) is 35.9 Å². The van der Waals surface area contributed by atoms with E-state index in [-0.39, 0.29) is 0 Å². The van der Waals surface area contributed by atoms with Crippen LogP contribution in [0.2, 0.25) is 0 Å². The predicted octanol–water partition coefficient (Wildman–Crippen LogP) is 3.62. The van der Waals surface area contributed by atoms with Gasteiger partial charge < -0.3 is 10.6 Å². The van der Waals surface area contributed by atoms with Crippen molar-refractivity contribution in [3.63, 3.8) is 0 Å². The standard InChI is InChI=1S/C15H24N2S/c1-3-4-6-9-13(2)17-15(18)16-12-14-10-7-5-8-11-14/h5,7-8,10-11,13H,3-4,6,9,12H2,1-2H3,(H2,16,17,18). The molecule has 100 valence electrons. The van der Waals surface area contributed by atoms with Gasteiger partial charge in [-0.25, -0.2) is 0 Å². The topological polar surface area (TPSA) is 24.1 Å². The Morgan fingerprint density at radius 1 is 1.22 bits per heavy atom. The highest BCUT2D eigenvalue weighted by atomic mass is 32.1. The maximum Gasteiger partial charge on any atom is 0.166 e. The SMILES string of the molecule is CCCCCC(C)NC(=S)NCc1ccccc1. The molecule has 0 saturated carbocycles. The van der Waals surface area contributed by atoms with Crippen molar-refractivity contribution >= 4 is 17.3 Å². The number of nitrogens with one attached hydrogen (secondary N) is 2. The maximum atomic E-state index is 5.29. The Morgan fingerprint density at radius 3 is 2.61 bits per heavy atom. The summed E-state index contributed by atoms with van der Waals surface area (Å²) in [6, 6.07) is 10.8. The lowest BCUT2D eigenvalue weighted by Gasteiger charge is -2.16. The van der Waals surface area contributed by atoms with E-state index in [2.05, 4.69) is 36.6 Å². The largest absolute Gasteiger partial charge is 0.360 e. The fraction of sp³-hybridized carbons (Fsp3) is 0.533. The normalized spacial score (nSPS) is 11.9. The van der Waals surface area contributed by atoms with Gasteiger partial charge >= 0.3 is 0 Å². The summed E-state index contributed by atoms with van der Waals surface area (Å²) in [6.07, 6.45) is 5.02. The van der Waals surface area contributed by atoms with Crippen LogP contribution in [0.1, 0.15) is 45.1 Å². The molecular weight excluding hydrogens is 240 g/mol. The monoisotopic (exact) mass is 264 g/mol. The smallest absolute Gasteiger partial charge is 0.166 e. The molecule has 0 bridgehead atoms. The van der Waals surface area contributed by atoms with Gasteiger partial charge in [-0.05, 0) is 31.1 Å². The van der Waals surface area contributed by atoms with E-state index in [4.69, 9.17) is 12.2 Å². The van der Waals surface area contributed by atoms with Crippen LogP contribution in [0.25, 0.3) is 0 Å². The molecule has 1 aromatic rings. The van der Waals surface area contributed by atoms with Crippen molar-refractivity contribution in [3.8, 4) is 0 Å². The number of unbranched alkanes of at least 4 members (excludes halogenated alkanes) is 2. The van der Waals surface area contributed by atoms with Gasteiger partial charge in [0.15, 0.2) is 5.11 Å². The van der Waals surface area contributed by atoms with E-state index in [1.54, 1.807) is 0 Å². The summed E-state index contributed by atoms with van der Waals surface area (Å²) in [6.45, 7) is 5.20. The van der Waals surface area contributed by atoms with Gasteiger partial charge in [-0.3, -0.25) is 0 Å². The van der Waals surface area contributed by atoms with Crippen LogP contribution >= 0.6 is 12.2 Å². The van der Waals surface area contributed by atoms with Crippen LogP contribution in [0, 0.1) is 0 Å². The van der Waals surface area contributed by atoms with Crippen LogP contribution in [0.15, 0.2) is 30.3 Å². The van der Waals surface area contributed by atoms with E-state index in [1.165, 1.54) is 31.2 Å². The van der Waals surface area contributed by atoms with Crippen molar-refractivity contribution in [2.75, 3.05) is 0 Å². The highest BCUT2D eigenvalue weighted by molar-refractivity contribution is 7.80. The zero-order chi connectivity index (χ0) is 13.2. The number of rotatable bonds is 7. The molecule has 0 aromatic heterocycles. The molecule has 0 fully saturated rings. The summed E-state index contributed by atoms with van der Waals surface area (Å²) in [5.74, 6) is 0. The van der Waals surface area contributed by atoms with Gasteiger partial charge in [-0.1, -0.05) is 56.5 Å². The second-order valence-electron chi connectivity index (χ2n) is 4.71. The minimum absolute atomic E-state index is 0.451. The molecule has 1 rings (SSSR count). The van der Waals surface area contributed by atoms with E-state index >= 15 is 0 Å². The summed E-state index contributed by atoms with van der Waals surface area (Å²) < 4.78 is 0. The zero-order valence-electron chi connectivity index (χ0n) is 11.4. The molecular formula is C15H24N2S. The van der Waals surface area contributed by atoms with Crippen molar-refractivity contribution < 1.29 is 0 Å². The Bertz CT molecular complexity index is 338. The van der Waals surface area contributed by atoms with E-state index in [0.29, 0.717) is 6.04 Å². The molecule has 3 heteroatoms. The van der Waals surface area contributed by atoms with Gasteiger partial charge in [0.05, 0.1) is 0 Å². The second kappa shape index (κ2) is 8.92. The lowest BCUT2D eigenvalue weighted by atomic mass is 10.1. The summed E-state index contributed by atoms with van der Waals surface area (Å²) in [5.41, 5.74) is 1.25. The van der Waals surface area contributed by atoms with Gasteiger partial charge in [-0.15, -0.1) is 0 Å². The average Bonchev–Trinajstić information content (AvgIpc) is 2.38. The van der Waals surface area contributed by atoms with Crippen LogP contribution in [0.4, 0.5) is 0 Å². The van der Waals surface area contributed by atoms with Crippen LogP contribution in [0.3, 0.4) is 0 Å². The number of benzene rings is 1. The summed E-state index contributed by atoms with van der Waals surface area (Å²) in [5, 5.41) is 7.32. The quantitative estimate of drug-likeness (QED) is 0.581. The lowest BCUT2D eigenvalue weighted by molar-refractivity contribution is 0.550. The van der Waals surface area contributed by atoms with Crippen molar-refractivity contribution in [1.82, 2.24) is 10.6 Å². The molecule has 0 radical (unpaired) electrons. The van der Waals surface area contributed by atoms with Crippen molar-refractivity contribution in [2.45, 2.75) is 52.1 Å². The zero-order valence-corrected chi connectivity index (χ0v) is 12.2. The molecule has 1 unspecified atom stereocenters. The molecule has 0 spiro atoms. The lowest BCUT2D eigenvalue weighted by Crippen LogP contribution is -2.40. The van der Waals surface area contributed by atoms with Crippen LogP contribution in [-0.2, 0) is 6.54 Å². The predicted molar refractivity (Wildman–Crippen MR) is 82.6 cm³/mol. The van der Waals surface area contributed by atoms with Gasteiger partial charge in [0, 0.05) is 12.6 Å². The molecule has 1 atom stereocenters. The molecule has 1 aromatic carbocycles. The van der Waals surface area contributed by atoms with E-state index in [9.17, 15) is 0 Å². The van der Waals surface area contributed by atoms with Gasteiger partial charge in [-0.2, -0.15) is 0 Å². The first-order valence-electron chi connectivity index (χ1n) is 6.80. The molecule has 0 aliphatic heterocycles. The highest BCUT2D eigenvalue weighted by Gasteiger charge is 2.03. The Balaban J connectivity index is 2.17. The number of hydrogen-bond acceptors (Lipinski definition) is 1. The Hall–Kier alpha value is -1.09. The maximum absolute atomic E-state index is 5.29. The Morgan fingerprint density at radius 2 is 1.94 bits per heavy atom. The molecule has 2 nitrogen and oxygen atoms in total. The average molecular weight is 264 g/mol. The Kier molecular flexibility index (Phi) is 7.42. The minimum atomic E-state index is 0.451. The van der Waals surface area contributed by atoms with E-state index in [1.807, 2.05) is 18.2 Å².